The summed E-state index contributed by atoms with van der Waals surface area (Å²) in [6, 6.07) is 0. The van der Waals surface area contributed by atoms with Crippen molar-refractivity contribution in [3.05, 3.63) is 23.3 Å². The molecule has 0 aromatic heterocycles. The van der Waals surface area contributed by atoms with E-state index in [0.717, 1.165) is 88.2 Å². The molecule has 0 unspecified atom stereocenters. The summed E-state index contributed by atoms with van der Waals surface area (Å²) in [5.74, 6) is -1.44. The number of aliphatic carboxylic acids is 1. The van der Waals surface area contributed by atoms with Gasteiger partial charge in [0.2, 0.25) is 11.8 Å². The van der Waals surface area contributed by atoms with Crippen LogP contribution in [0.1, 0.15) is 103 Å². The van der Waals surface area contributed by atoms with Crippen LogP contribution in [0.2, 0.25) is 0 Å². The highest BCUT2D eigenvalue weighted by Gasteiger charge is 2.43. The number of esters is 1. The van der Waals surface area contributed by atoms with Crippen LogP contribution in [0.3, 0.4) is 0 Å². The van der Waals surface area contributed by atoms with Crippen molar-refractivity contribution in [1.82, 2.24) is 10.6 Å². The van der Waals surface area contributed by atoms with Gasteiger partial charge in [-0.3, -0.25) is 9.59 Å². The molecule has 2 saturated carbocycles. The highest BCUT2D eigenvalue weighted by molar-refractivity contribution is 5.98. The van der Waals surface area contributed by atoms with Gasteiger partial charge in [-0.1, -0.05) is 50.7 Å². The number of carboxylic acids is 1. The van der Waals surface area contributed by atoms with E-state index in [0.29, 0.717) is 25.7 Å². The normalized spacial score (nSPS) is 22.5. The third-order valence-electron chi connectivity index (χ3n) is 7.77. The Morgan fingerprint density at radius 1 is 0.714 bits per heavy atom. The van der Waals surface area contributed by atoms with Crippen molar-refractivity contribution in [1.29, 1.82) is 0 Å². The van der Waals surface area contributed by atoms with Crippen molar-refractivity contribution in [2.45, 2.75) is 114 Å². The van der Waals surface area contributed by atoms with E-state index in [1.165, 1.54) is 7.11 Å². The second-order valence-electron chi connectivity index (χ2n) is 10.2. The summed E-state index contributed by atoms with van der Waals surface area (Å²) in [6.45, 7) is 0. The van der Waals surface area contributed by atoms with Crippen LogP contribution < -0.4 is 10.6 Å². The molecular formula is C27H40N2O6. The van der Waals surface area contributed by atoms with Gasteiger partial charge in [0.15, 0.2) is 0 Å². The number of carbonyl (C=O) groups is 4. The first-order valence-electron chi connectivity index (χ1n) is 13.2. The van der Waals surface area contributed by atoms with E-state index in [-0.39, 0.29) is 17.8 Å². The molecular weight excluding hydrogens is 448 g/mol. The summed E-state index contributed by atoms with van der Waals surface area (Å²) < 4.78 is 4.88. The van der Waals surface area contributed by atoms with E-state index in [1.807, 2.05) is 12.2 Å². The highest BCUT2D eigenvalue weighted by Crippen LogP contribution is 2.31. The first-order valence-corrected chi connectivity index (χ1v) is 13.2. The van der Waals surface area contributed by atoms with Gasteiger partial charge in [0.25, 0.3) is 0 Å². The molecule has 0 atom stereocenters. The number of amides is 2. The van der Waals surface area contributed by atoms with Crippen molar-refractivity contribution >= 4 is 23.8 Å². The van der Waals surface area contributed by atoms with Gasteiger partial charge in [0.05, 0.1) is 7.11 Å². The predicted molar refractivity (Wildman–Crippen MR) is 131 cm³/mol. The molecule has 0 saturated heterocycles. The van der Waals surface area contributed by atoms with Gasteiger partial charge in [-0.2, -0.15) is 0 Å². The van der Waals surface area contributed by atoms with Crippen LogP contribution in [0, 0.1) is 0 Å². The molecule has 4 aliphatic rings. The summed E-state index contributed by atoms with van der Waals surface area (Å²) in [6.07, 6.45) is 17.8. The number of carbonyl (C=O) groups excluding carboxylic acids is 3. The third-order valence-corrected chi connectivity index (χ3v) is 7.77. The Kier molecular flexibility index (Phi) is 9.52. The van der Waals surface area contributed by atoms with Crippen LogP contribution in [0.5, 0.6) is 0 Å². The Morgan fingerprint density at radius 2 is 1.14 bits per heavy atom. The predicted octanol–water partition coefficient (Wildman–Crippen LogP) is 4.09. The summed E-state index contributed by atoms with van der Waals surface area (Å²) in [7, 11) is 1.39. The molecule has 8 heteroatoms. The summed E-state index contributed by atoms with van der Waals surface area (Å²) in [5.41, 5.74) is -0.216. The lowest BCUT2D eigenvalue weighted by molar-refractivity contribution is -0.152. The zero-order chi connectivity index (χ0) is 25.3. The zero-order valence-corrected chi connectivity index (χ0v) is 21.0. The minimum absolute atomic E-state index is 0.0835. The van der Waals surface area contributed by atoms with Gasteiger partial charge < -0.3 is 20.5 Å². The lowest BCUT2D eigenvalue weighted by atomic mass is 9.81. The molecule has 4 aliphatic carbocycles. The lowest BCUT2D eigenvalue weighted by Crippen LogP contribution is -2.56. The highest BCUT2D eigenvalue weighted by atomic mass is 16.5. The Balaban J connectivity index is 0.000000196. The van der Waals surface area contributed by atoms with Gasteiger partial charge in [-0.25, -0.2) is 9.59 Å². The maximum Gasteiger partial charge on any atom is 0.331 e. The lowest BCUT2D eigenvalue weighted by Gasteiger charge is -2.35. The van der Waals surface area contributed by atoms with Gasteiger partial charge in [-0.15, -0.1) is 0 Å². The number of carboxylic acid groups (broad SMARTS) is 1. The Labute approximate surface area is 207 Å². The molecule has 3 N–H and O–H groups in total. The summed E-state index contributed by atoms with van der Waals surface area (Å²) in [4.78, 5) is 47.5. The van der Waals surface area contributed by atoms with Gasteiger partial charge in [0, 0.05) is 11.1 Å². The molecule has 4 rings (SSSR count). The molecule has 2 amide bonds. The summed E-state index contributed by atoms with van der Waals surface area (Å²) in [5, 5.41) is 15.1. The Morgan fingerprint density at radius 3 is 1.51 bits per heavy atom. The van der Waals surface area contributed by atoms with Crippen LogP contribution in [-0.4, -0.2) is 47.0 Å². The SMILES string of the molecule is COC(=O)C1(NC(=O)C2=CCCC2)CCCCC1.O=C(NC1(C(=O)O)CCCCC1)C1=CCCC1. The molecule has 2 fully saturated rings. The fourth-order valence-electron chi connectivity index (χ4n) is 5.63. The van der Waals surface area contributed by atoms with E-state index >= 15 is 0 Å². The van der Waals surface area contributed by atoms with E-state index in [1.54, 1.807) is 0 Å². The molecule has 0 aliphatic heterocycles. The number of allylic oxidation sites excluding steroid dienone is 2. The van der Waals surface area contributed by atoms with Gasteiger partial charge in [-0.05, 0) is 64.2 Å². The maximum absolute atomic E-state index is 12.2. The van der Waals surface area contributed by atoms with Crippen LogP contribution in [0.15, 0.2) is 23.3 Å². The Bertz CT molecular complexity index is 863. The second-order valence-corrected chi connectivity index (χ2v) is 10.2. The molecule has 0 aromatic rings. The fraction of sp³-hybridized carbons (Fsp3) is 0.704. The topological polar surface area (TPSA) is 122 Å². The van der Waals surface area contributed by atoms with Crippen LogP contribution >= 0.6 is 0 Å². The van der Waals surface area contributed by atoms with E-state index in [9.17, 15) is 24.3 Å². The molecule has 0 spiro atoms. The molecule has 0 aromatic carbocycles. The molecule has 8 nitrogen and oxygen atoms in total. The quantitative estimate of drug-likeness (QED) is 0.484. The van der Waals surface area contributed by atoms with E-state index < -0.39 is 17.0 Å². The molecule has 35 heavy (non-hydrogen) atoms. The third kappa shape index (κ3) is 6.73. The van der Waals surface area contributed by atoms with Gasteiger partial charge in [0.1, 0.15) is 11.1 Å². The number of rotatable bonds is 6. The first-order chi connectivity index (χ1) is 16.8. The fourth-order valence-corrected chi connectivity index (χ4v) is 5.63. The number of ether oxygens (including phenoxy) is 1. The number of hydrogen-bond acceptors (Lipinski definition) is 5. The van der Waals surface area contributed by atoms with Crippen molar-refractivity contribution in [3.8, 4) is 0 Å². The number of nitrogens with one attached hydrogen (secondary N) is 2. The largest absolute Gasteiger partial charge is 0.480 e. The minimum Gasteiger partial charge on any atom is -0.480 e. The van der Waals surface area contributed by atoms with Crippen molar-refractivity contribution in [2.24, 2.45) is 0 Å². The van der Waals surface area contributed by atoms with Crippen LogP contribution in [0.25, 0.3) is 0 Å². The number of hydrogen-bond donors (Lipinski definition) is 3. The average Bonchev–Trinajstić information content (AvgIpc) is 3.60. The van der Waals surface area contributed by atoms with E-state index in [2.05, 4.69) is 10.6 Å². The summed E-state index contributed by atoms with van der Waals surface area (Å²) >= 11 is 0. The van der Waals surface area contributed by atoms with Crippen molar-refractivity contribution in [2.75, 3.05) is 7.11 Å². The Hall–Kier alpha value is -2.64. The number of methoxy groups -OCH3 is 1. The smallest absolute Gasteiger partial charge is 0.331 e. The molecule has 0 radical (unpaired) electrons. The standard InChI is InChI=1S/C14H21NO3.C13H19NO3/c1-18-13(17)14(9-5-2-6-10-14)15-12(16)11-7-3-4-8-11;15-11(10-6-2-3-7-10)14-13(12(16)17)8-4-1-5-9-13/h7H,2-6,8-10H2,1H3,(H,15,16);6H,1-5,7-9H2,(H,14,15)(H,16,17). The van der Waals surface area contributed by atoms with Crippen LogP contribution in [0.4, 0.5) is 0 Å². The van der Waals surface area contributed by atoms with Gasteiger partial charge >= 0.3 is 11.9 Å². The molecule has 0 heterocycles. The van der Waals surface area contributed by atoms with Crippen molar-refractivity contribution in [3.63, 3.8) is 0 Å². The zero-order valence-electron chi connectivity index (χ0n) is 21.0. The van der Waals surface area contributed by atoms with Crippen molar-refractivity contribution < 1.29 is 29.0 Å². The first kappa shape index (κ1) is 27.0. The minimum atomic E-state index is -1.02. The second kappa shape index (κ2) is 12.4. The average molecular weight is 489 g/mol. The monoisotopic (exact) mass is 488 g/mol. The molecule has 0 bridgehead atoms. The molecule has 194 valence electrons. The maximum atomic E-state index is 12.2. The van der Waals surface area contributed by atoms with Crippen LogP contribution in [-0.2, 0) is 23.9 Å². The van der Waals surface area contributed by atoms with E-state index in [4.69, 9.17) is 4.74 Å².